The summed E-state index contributed by atoms with van der Waals surface area (Å²) in [5, 5.41) is 5.43. The first kappa shape index (κ1) is 15.2. The Bertz CT molecular complexity index is 655. The molecule has 0 fully saturated rings. The fourth-order valence-corrected chi connectivity index (χ4v) is 2.67. The Morgan fingerprint density at radius 3 is 2.71 bits per heavy atom. The predicted octanol–water partition coefficient (Wildman–Crippen LogP) is 0.920. The average molecular weight is 307 g/mol. The van der Waals surface area contributed by atoms with Gasteiger partial charge in [0.05, 0.1) is 5.69 Å². The Labute approximate surface area is 126 Å². The Kier molecular flexibility index (Phi) is 5.04. The van der Waals surface area contributed by atoms with E-state index in [1.54, 1.807) is 6.20 Å². The second kappa shape index (κ2) is 6.98. The molecule has 0 aliphatic rings. The molecule has 0 saturated heterocycles. The number of thiophene rings is 1. The van der Waals surface area contributed by atoms with E-state index >= 15 is 0 Å². The molecule has 0 spiro atoms. The van der Waals surface area contributed by atoms with Gasteiger partial charge in [-0.25, -0.2) is 9.97 Å². The van der Waals surface area contributed by atoms with Crippen molar-refractivity contribution in [3.05, 3.63) is 17.3 Å². The van der Waals surface area contributed by atoms with Gasteiger partial charge in [-0.15, -0.1) is 11.3 Å². The molecule has 2 amide bonds. The molecule has 0 radical (unpaired) electrons. The lowest BCUT2D eigenvalue weighted by molar-refractivity contribution is -0.120. The van der Waals surface area contributed by atoms with Gasteiger partial charge in [-0.2, -0.15) is 0 Å². The first-order valence-electron chi connectivity index (χ1n) is 6.67. The molecule has 0 atom stereocenters. The van der Waals surface area contributed by atoms with Crippen molar-refractivity contribution >= 4 is 39.2 Å². The van der Waals surface area contributed by atoms with Crippen LogP contribution in [0.4, 0.5) is 5.69 Å². The molecule has 2 rings (SSSR count). The van der Waals surface area contributed by atoms with Crippen LogP contribution in [0, 0.1) is 0 Å². The van der Waals surface area contributed by atoms with Gasteiger partial charge >= 0.3 is 0 Å². The number of rotatable bonds is 6. The molecule has 7 nitrogen and oxygen atoms in total. The van der Waals surface area contributed by atoms with Crippen LogP contribution < -0.4 is 16.4 Å². The number of nitrogens with two attached hydrogens (primary N) is 1. The number of nitrogens with zero attached hydrogens (tertiary/aromatic N) is 2. The normalized spacial score (nSPS) is 10.5. The van der Waals surface area contributed by atoms with Crippen molar-refractivity contribution in [3.8, 4) is 0 Å². The summed E-state index contributed by atoms with van der Waals surface area (Å²) in [7, 11) is 0. The predicted molar refractivity (Wildman–Crippen MR) is 82.1 cm³/mol. The molecule has 2 aromatic rings. The van der Waals surface area contributed by atoms with Crippen LogP contribution in [-0.4, -0.2) is 34.9 Å². The molecular formula is C13H17N5O2S. The minimum absolute atomic E-state index is 0.0789. The van der Waals surface area contributed by atoms with E-state index in [1.165, 1.54) is 17.5 Å². The fourth-order valence-electron chi connectivity index (χ4n) is 1.74. The van der Waals surface area contributed by atoms with Crippen LogP contribution in [-0.2, 0) is 4.79 Å². The van der Waals surface area contributed by atoms with Crippen LogP contribution in [0.25, 0.3) is 10.3 Å². The number of nitrogens with one attached hydrogen (secondary N) is 2. The van der Waals surface area contributed by atoms with Crippen LogP contribution in [0.5, 0.6) is 0 Å². The van der Waals surface area contributed by atoms with E-state index in [2.05, 4.69) is 20.6 Å². The smallest absolute Gasteiger partial charge is 0.263 e. The van der Waals surface area contributed by atoms with E-state index in [0.29, 0.717) is 27.5 Å². The summed E-state index contributed by atoms with van der Waals surface area (Å²) in [4.78, 5) is 32.7. The summed E-state index contributed by atoms with van der Waals surface area (Å²) in [5.41, 5.74) is 6.77. The molecule has 21 heavy (non-hydrogen) atoms. The van der Waals surface area contributed by atoms with Crippen molar-refractivity contribution in [1.82, 2.24) is 20.6 Å². The Morgan fingerprint density at radius 1 is 1.24 bits per heavy atom. The highest BCUT2D eigenvalue weighted by molar-refractivity contribution is 7.21. The molecule has 0 unspecified atom stereocenters. The van der Waals surface area contributed by atoms with Gasteiger partial charge < -0.3 is 16.4 Å². The van der Waals surface area contributed by atoms with Crippen LogP contribution in [0.15, 0.2) is 12.4 Å². The minimum Gasteiger partial charge on any atom is -0.396 e. The summed E-state index contributed by atoms with van der Waals surface area (Å²) in [6.07, 6.45) is 4.21. The van der Waals surface area contributed by atoms with Crippen LogP contribution >= 0.6 is 11.3 Å². The molecule has 0 bridgehead atoms. The third kappa shape index (κ3) is 3.66. The van der Waals surface area contributed by atoms with Crippen molar-refractivity contribution < 1.29 is 9.59 Å². The van der Waals surface area contributed by atoms with Crippen molar-refractivity contribution in [2.45, 2.75) is 19.8 Å². The van der Waals surface area contributed by atoms with Gasteiger partial charge in [0.25, 0.3) is 5.91 Å². The SMILES string of the molecule is CCCNC(=O)CCNC(=O)c1sc2nccnc2c1N. The van der Waals surface area contributed by atoms with E-state index in [0.717, 1.165) is 6.42 Å². The van der Waals surface area contributed by atoms with Gasteiger partial charge in [-0.05, 0) is 6.42 Å². The molecule has 0 aromatic carbocycles. The summed E-state index contributed by atoms with van der Waals surface area (Å²) in [5.74, 6) is -0.384. The lowest BCUT2D eigenvalue weighted by Gasteiger charge is -2.05. The topological polar surface area (TPSA) is 110 Å². The van der Waals surface area contributed by atoms with E-state index in [-0.39, 0.29) is 24.8 Å². The second-order valence-corrected chi connectivity index (χ2v) is 5.41. The number of carbonyl (C=O) groups is 2. The maximum Gasteiger partial charge on any atom is 0.263 e. The van der Waals surface area contributed by atoms with Crippen molar-refractivity contribution in [3.63, 3.8) is 0 Å². The highest BCUT2D eigenvalue weighted by Gasteiger charge is 2.17. The molecule has 2 heterocycles. The number of fused-ring (bicyclic) bond motifs is 1. The first-order chi connectivity index (χ1) is 10.1. The van der Waals surface area contributed by atoms with Crippen LogP contribution in [0.2, 0.25) is 0 Å². The lowest BCUT2D eigenvalue weighted by Crippen LogP contribution is -2.30. The Morgan fingerprint density at radius 2 is 2.00 bits per heavy atom. The quantitative estimate of drug-likeness (QED) is 0.735. The zero-order valence-corrected chi connectivity index (χ0v) is 12.5. The largest absolute Gasteiger partial charge is 0.396 e. The van der Waals surface area contributed by atoms with Gasteiger partial charge in [0.15, 0.2) is 0 Å². The number of hydrogen-bond acceptors (Lipinski definition) is 6. The summed E-state index contributed by atoms with van der Waals surface area (Å²) in [6, 6.07) is 0. The molecular weight excluding hydrogens is 290 g/mol. The van der Waals surface area contributed by atoms with Gasteiger partial charge in [0.1, 0.15) is 15.2 Å². The number of hydrogen-bond donors (Lipinski definition) is 3. The number of anilines is 1. The number of aromatic nitrogens is 2. The highest BCUT2D eigenvalue weighted by atomic mass is 32.1. The van der Waals surface area contributed by atoms with E-state index in [9.17, 15) is 9.59 Å². The molecule has 112 valence electrons. The zero-order chi connectivity index (χ0) is 15.2. The highest BCUT2D eigenvalue weighted by Crippen LogP contribution is 2.30. The summed E-state index contributed by atoms with van der Waals surface area (Å²) >= 11 is 1.19. The van der Waals surface area contributed by atoms with Gasteiger partial charge in [-0.1, -0.05) is 6.92 Å². The van der Waals surface area contributed by atoms with E-state index in [4.69, 9.17) is 5.73 Å². The number of carbonyl (C=O) groups excluding carboxylic acids is 2. The third-order valence-corrected chi connectivity index (χ3v) is 3.88. The Balaban J connectivity index is 1.93. The standard InChI is InChI=1S/C13H17N5O2S/c1-2-4-15-8(19)3-5-17-12(20)11-9(14)10-13(21-11)18-7-6-16-10/h6-7H,2-5,14H2,1H3,(H,15,19)(H,17,20). The summed E-state index contributed by atoms with van der Waals surface area (Å²) < 4.78 is 0. The Hall–Kier alpha value is -2.22. The average Bonchev–Trinajstić information content (AvgIpc) is 2.83. The monoisotopic (exact) mass is 307 g/mol. The minimum atomic E-state index is -0.305. The number of amides is 2. The van der Waals surface area contributed by atoms with Crippen molar-refractivity contribution in [1.29, 1.82) is 0 Å². The van der Waals surface area contributed by atoms with E-state index < -0.39 is 0 Å². The summed E-state index contributed by atoms with van der Waals surface area (Å²) in [6.45, 7) is 2.89. The third-order valence-electron chi connectivity index (χ3n) is 2.78. The van der Waals surface area contributed by atoms with Gasteiger partial charge in [0, 0.05) is 31.9 Å². The van der Waals surface area contributed by atoms with Gasteiger partial charge in [-0.3, -0.25) is 9.59 Å². The zero-order valence-electron chi connectivity index (χ0n) is 11.7. The molecule has 0 aliphatic carbocycles. The molecule has 2 aromatic heterocycles. The van der Waals surface area contributed by atoms with Crippen molar-refractivity contribution in [2.24, 2.45) is 0 Å². The molecule has 8 heteroatoms. The molecule has 0 aliphatic heterocycles. The number of nitrogen functional groups attached to an aromatic ring is 1. The van der Waals surface area contributed by atoms with Crippen LogP contribution in [0.1, 0.15) is 29.4 Å². The van der Waals surface area contributed by atoms with Gasteiger partial charge in [0.2, 0.25) is 5.91 Å². The first-order valence-corrected chi connectivity index (χ1v) is 7.49. The van der Waals surface area contributed by atoms with Crippen LogP contribution in [0.3, 0.4) is 0 Å². The molecule has 4 N–H and O–H groups in total. The fraction of sp³-hybridized carbons (Fsp3) is 0.385. The lowest BCUT2D eigenvalue weighted by atomic mass is 10.3. The van der Waals surface area contributed by atoms with E-state index in [1.807, 2.05) is 6.92 Å². The maximum atomic E-state index is 12.1. The second-order valence-electron chi connectivity index (χ2n) is 4.41. The maximum absolute atomic E-state index is 12.1. The molecule has 0 saturated carbocycles. The van der Waals surface area contributed by atoms with Crippen molar-refractivity contribution in [2.75, 3.05) is 18.8 Å².